The zero-order chi connectivity index (χ0) is 21.3. The van der Waals surface area contributed by atoms with Gasteiger partial charge in [-0.25, -0.2) is 4.98 Å². The Morgan fingerprint density at radius 3 is 2.77 bits per heavy atom. The van der Waals surface area contributed by atoms with Crippen LogP contribution in [0.25, 0.3) is 22.2 Å². The van der Waals surface area contributed by atoms with E-state index < -0.39 is 0 Å². The Bertz CT molecular complexity index is 1110. The lowest BCUT2D eigenvalue weighted by molar-refractivity contribution is -0.119. The summed E-state index contributed by atoms with van der Waals surface area (Å²) in [5.41, 5.74) is 2.14. The van der Waals surface area contributed by atoms with Gasteiger partial charge in [0.15, 0.2) is 11.5 Å². The van der Waals surface area contributed by atoms with E-state index in [2.05, 4.69) is 10.3 Å². The largest absolute Gasteiger partial charge is 0.493 e. The van der Waals surface area contributed by atoms with Crippen LogP contribution in [-0.4, -0.2) is 42.7 Å². The number of hydrogen-bond acceptors (Lipinski definition) is 6. The second-order valence-electron chi connectivity index (χ2n) is 7.17. The molecule has 0 saturated carbocycles. The average molecular weight is 428 g/mol. The van der Waals surface area contributed by atoms with Gasteiger partial charge < -0.3 is 19.5 Å². The predicted molar refractivity (Wildman–Crippen MR) is 114 cm³/mol. The molecule has 1 fully saturated rings. The van der Waals surface area contributed by atoms with Crippen molar-refractivity contribution < 1.29 is 19.0 Å². The van der Waals surface area contributed by atoms with Crippen molar-refractivity contribution in [2.24, 2.45) is 5.92 Å². The van der Waals surface area contributed by atoms with Gasteiger partial charge in [-0.15, -0.1) is 0 Å². The molecule has 4 rings (SSSR count). The van der Waals surface area contributed by atoms with Crippen molar-refractivity contribution in [1.29, 1.82) is 0 Å². The number of carbonyl (C=O) groups is 1. The number of methoxy groups -OCH3 is 2. The van der Waals surface area contributed by atoms with Crippen molar-refractivity contribution in [1.82, 2.24) is 15.3 Å². The van der Waals surface area contributed by atoms with Gasteiger partial charge in [-0.3, -0.25) is 9.78 Å². The van der Waals surface area contributed by atoms with Crippen LogP contribution >= 0.6 is 11.6 Å². The molecule has 30 heavy (non-hydrogen) atoms. The monoisotopic (exact) mass is 427 g/mol. The standard InChI is InChI=1S/C22H22ClN3O4/c1-12(14-9-20(27)25-11-14)30-22-15-5-4-6-24-18(15)10-17(26-22)13-7-16(23)21(29-3)19(8-13)28-2/h4-8,10,12,14H,9,11H2,1-3H3,(H,25,27)/t12-,14-/m1/s1. The number of nitrogens with zero attached hydrogens (tertiary/aromatic N) is 2. The average Bonchev–Trinajstić information content (AvgIpc) is 3.19. The quantitative estimate of drug-likeness (QED) is 0.643. The summed E-state index contributed by atoms with van der Waals surface area (Å²) in [6.45, 7) is 2.55. The summed E-state index contributed by atoms with van der Waals surface area (Å²) in [5, 5.41) is 4.07. The number of fused-ring (bicyclic) bond motifs is 1. The summed E-state index contributed by atoms with van der Waals surface area (Å²) in [5.74, 6) is 1.57. The molecule has 7 nitrogen and oxygen atoms in total. The minimum atomic E-state index is -0.191. The van der Waals surface area contributed by atoms with Crippen molar-refractivity contribution in [3.8, 4) is 28.6 Å². The molecule has 0 unspecified atom stereocenters. The number of nitrogens with one attached hydrogen (secondary N) is 1. The first-order valence-corrected chi connectivity index (χ1v) is 9.99. The maximum Gasteiger partial charge on any atom is 0.223 e. The molecular formula is C22H22ClN3O4. The van der Waals surface area contributed by atoms with Gasteiger partial charge in [0.25, 0.3) is 0 Å². The van der Waals surface area contributed by atoms with Crippen molar-refractivity contribution >= 4 is 28.4 Å². The number of benzene rings is 1. The smallest absolute Gasteiger partial charge is 0.223 e. The summed E-state index contributed by atoms with van der Waals surface area (Å²) < 4.78 is 17.0. The molecule has 1 N–H and O–H groups in total. The van der Waals surface area contributed by atoms with Crippen molar-refractivity contribution in [3.63, 3.8) is 0 Å². The Kier molecular flexibility index (Phi) is 5.63. The Morgan fingerprint density at radius 2 is 2.07 bits per heavy atom. The summed E-state index contributed by atoms with van der Waals surface area (Å²) in [6, 6.07) is 9.22. The van der Waals surface area contributed by atoms with Crippen LogP contribution in [0.2, 0.25) is 5.02 Å². The highest BCUT2D eigenvalue weighted by atomic mass is 35.5. The molecule has 0 radical (unpaired) electrons. The van der Waals surface area contributed by atoms with Crippen LogP contribution < -0.4 is 19.5 Å². The molecule has 1 aromatic carbocycles. The maximum absolute atomic E-state index is 11.6. The number of hydrogen-bond donors (Lipinski definition) is 1. The molecular weight excluding hydrogens is 406 g/mol. The first-order chi connectivity index (χ1) is 14.5. The predicted octanol–water partition coefficient (Wildman–Crippen LogP) is 3.87. The number of halogens is 1. The molecule has 3 aromatic rings. The van der Waals surface area contributed by atoms with Gasteiger partial charge >= 0.3 is 0 Å². The molecule has 8 heteroatoms. The van der Waals surface area contributed by atoms with E-state index in [1.165, 1.54) is 7.11 Å². The van der Waals surface area contributed by atoms with Crippen LogP contribution in [0.4, 0.5) is 0 Å². The van der Waals surface area contributed by atoms with Crippen LogP contribution in [-0.2, 0) is 4.79 Å². The zero-order valence-electron chi connectivity index (χ0n) is 16.9. The normalized spacial score (nSPS) is 16.9. The van der Waals surface area contributed by atoms with E-state index in [1.54, 1.807) is 19.4 Å². The molecule has 0 bridgehead atoms. The highest BCUT2D eigenvalue weighted by Crippen LogP contribution is 2.40. The zero-order valence-corrected chi connectivity index (χ0v) is 17.7. The number of amides is 1. The fourth-order valence-corrected chi connectivity index (χ4v) is 3.87. The minimum absolute atomic E-state index is 0.0451. The van der Waals surface area contributed by atoms with E-state index in [-0.39, 0.29) is 17.9 Å². The van der Waals surface area contributed by atoms with E-state index in [4.69, 9.17) is 30.8 Å². The number of rotatable bonds is 6. The molecule has 2 atom stereocenters. The molecule has 1 aliphatic rings. The lowest BCUT2D eigenvalue weighted by Crippen LogP contribution is -2.26. The Balaban J connectivity index is 1.77. The van der Waals surface area contributed by atoms with Gasteiger partial charge in [0.05, 0.1) is 35.8 Å². The molecule has 2 aromatic heterocycles. The van der Waals surface area contributed by atoms with E-state index in [1.807, 2.05) is 31.2 Å². The summed E-state index contributed by atoms with van der Waals surface area (Å²) in [7, 11) is 3.10. The minimum Gasteiger partial charge on any atom is -0.493 e. The molecule has 3 heterocycles. The van der Waals surface area contributed by atoms with E-state index in [9.17, 15) is 4.79 Å². The second kappa shape index (κ2) is 8.36. The highest BCUT2D eigenvalue weighted by molar-refractivity contribution is 6.32. The van der Waals surface area contributed by atoms with Crippen molar-refractivity contribution in [3.05, 3.63) is 41.6 Å². The summed E-state index contributed by atoms with van der Waals surface area (Å²) in [6.07, 6.45) is 1.98. The Hall–Kier alpha value is -3.06. The first kappa shape index (κ1) is 20.2. The third-order valence-electron chi connectivity index (χ3n) is 5.26. The fourth-order valence-electron chi connectivity index (χ4n) is 3.58. The van der Waals surface area contributed by atoms with Crippen LogP contribution in [0.3, 0.4) is 0 Å². The van der Waals surface area contributed by atoms with Gasteiger partial charge in [-0.2, -0.15) is 0 Å². The van der Waals surface area contributed by atoms with Gasteiger partial charge in [-0.1, -0.05) is 11.6 Å². The number of ether oxygens (including phenoxy) is 3. The second-order valence-corrected chi connectivity index (χ2v) is 7.57. The van der Waals surface area contributed by atoms with E-state index >= 15 is 0 Å². The van der Waals surface area contributed by atoms with Gasteiger partial charge in [-0.05, 0) is 37.3 Å². The fraction of sp³-hybridized carbons (Fsp3) is 0.318. The van der Waals surface area contributed by atoms with Crippen LogP contribution in [0.15, 0.2) is 36.5 Å². The highest BCUT2D eigenvalue weighted by Gasteiger charge is 2.28. The van der Waals surface area contributed by atoms with Gasteiger partial charge in [0.1, 0.15) is 6.10 Å². The maximum atomic E-state index is 11.6. The molecule has 0 spiro atoms. The van der Waals surface area contributed by atoms with Crippen LogP contribution in [0.1, 0.15) is 13.3 Å². The molecule has 1 aliphatic heterocycles. The van der Waals surface area contributed by atoms with E-state index in [0.717, 1.165) is 16.5 Å². The van der Waals surface area contributed by atoms with Gasteiger partial charge in [0, 0.05) is 30.6 Å². The van der Waals surface area contributed by atoms with Crippen LogP contribution in [0, 0.1) is 5.92 Å². The third-order valence-corrected chi connectivity index (χ3v) is 5.54. The van der Waals surface area contributed by atoms with Crippen molar-refractivity contribution in [2.45, 2.75) is 19.4 Å². The van der Waals surface area contributed by atoms with Gasteiger partial charge in [0.2, 0.25) is 11.8 Å². The number of carbonyl (C=O) groups excluding carboxylic acids is 1. The SMILES string of the molecule is COc1cc(-c2cc3ncccc3c(O[C@H](C)[C@H]3CNC(=O)C3)n2)cc(Cl)c1OC. The van der Waals surface area contributed by atoms with E-state index in [0.29, 0.717) is 41.1 Å². The summed E-state index contributed by atoms with van der Waals surface area (Å²) >= 11 is 6.39. The molecule has 0 aliphatic carbocycles. The lowest BCUT2D eigenvalue weighted by Gasteiger charge is -2.20. The van der Waals surface area contributed by atoms with Crippen LogP contribution in [0.5, 0.6) is 17.4 Å². The third kappa shape index (κ3) is 3.85. The molecule has 1 saturated heterocycles. The summed E-state index contributed by atoms with van der Waals surface area (Å²) in [4.78, 5) is 20.8. The Morgan fingerprint density at radius 1 is 1.23 bits per heavy atom. The topological polar surface area (TPSA) is 82.6 Å². The number of aromatic nitrogens is 2. The number of pyridine rings is 2. The lowest BCUT2D eigenvalue weighted by atomic mass is 10.0. The molecule has 156 valence electrons. The first-order valence-electron chi connectivity index (χ1n) is 9.61. The van der Waals surface area contributed by atoms with Crippen molar-refractivity contribution in [2.75, 3.05) is 20.8 Å². The Labute approximate surface area is 179 Å². The molecule has 1 amide bonds.